The van der Waals surface area contributed by atoms with Crippen molar-refractivity contribution in [2.24, 2.45) is 11.8 Å². The molecule has 2 N–H and O–H groups in total. The Morgan fingerprint density at radius 1 is 0.700 bits per heavy atom. The quantitative estimate of drug-likeness (QED) is 0.142. The first-order valence-corrected chi connectivity index (χ1v) is 14.0. The van der Waals surface area contributed by atoms with E-state index in [2.05, 4.69) is 105 Å². The van der Waals surface area contributed by atoms with E-state index in [0.717, 1.165) is 11.3 Å². The fourth-order valence-electron chi connectivity index (χ4n) is 4.83. The monoisotopic (exact) mass is 713 g/mol. The Labute approximate surface area is 253 Å². The van der Waals surface area contributed by atoms with Crippen molar-refractivity contribution in [1.82, 2.24) is 4.98 Å². The first-order chi connectivity index (χ1) is 18.5. The molecule has 1 radical (unpaired) electrons. The summed E-state index contributed by atoms with van der Waals surface area (Å²) >= 11 is 0. The molecule has 0 saturated carbocycles. The van der Waals surface area contributed by atoms with Gasteiger partial charge in [0.1, 0.15) is 0 Å². The molecule has 4 aromatic carbocycles. The van der Waals surface area contributed by atoms with Crippen LogP contribution in [0.4, 0.5) is 0 Å². The molecule has 0 aliphatic rings. The molecule has 2 unspecified atom stereocenters. The fourth-order valence-corrected chi connectivity index (χ4v) is 4.83. The number of rotatable bonds is 5. The summed E-state index contributed by atoms with van der Waals surface area (Å²) in [7, 11) is 0. The second-order valence-corrected chi connectivity index (χ2v) is 12.3. The number of aliphatic hydroxyl groups is 2. The third kappa shape index (κ3) is 7.17. The average molecular weight is 713 g/mol. The van der Waals surface area contributed by atoms with Crippen LogP contribution in [0.2, 0.25) is 0 Å². The average Bonchev–Trinajstić information content (AvgIpc) is 2.92. The van der Waals surface area contributed by atoms with Crippen molar-refractivity contribution in [3.63, 3.8) is 0 Å². The standard InChI is InChI=1S/C27H22N.C9H20O2.Ir/c1-27(2,3)19-14-15-28-26(17-19)18-12-13-24-22-10-5-4-8-20(22)21-9-6-7-11-23(21)25(24)16-18;1-6(2)8(10)5-9(11)7(3)4;/h4-11,13-17H,1-3H3;6-11H,5H2,1-4H3;/q-1;;. The third-order valence-corrected chi connectivity index (χ3v) is 7.60. The van der Waals surface area contributed by atoms with Gasteiger partial charge in [-0.1, -0.05) is 119 Å². The number of fused-ring (bicyclic) bond motifs is 6. The van der Waals surface area contributed by atoms with Crippen LogP contribution in [0.5, 0.6) is 0 Å². The molecule has 0 fully saturated rings. The molecular weight excluding hydrogens is 671 g/mol. The van der Waals surface area contributed by atoms with E-state index in [0.29, 0.717) is 6.42 Å². The first kappa shape index (κ1) is 31.9. The van der Waals surface area contributed by atoms with Crippen LogP contribution in [0.25, 0.3) is 43.6 Å². The van der Waals surface area contributed by atoms with E-state index in [1.807, 2.05) is 33.9 Å². The van der Waals surface area contributed by atoms with Crippen LogP contribution < -0.4 is 0 Å². The SMILES string of the molecule is CC(C)(C)c1ccnc(-c2[c-]cc3c4ccccc4c4ccccc4c3c2)c1.CC(C)C(O)CC(O)C(C)C.[Ir]. The summed E-state index contributed by atoms with van der Waals surface area (Å²) in [6, 6.07) is 29.5. The molecule has 5 rings (SSSR count). The molecule has 0 amide bonds. The van der Waals surface area contributed by atoms with Crippen molar-refractivity contribution in [1.29, 1.82) is 0 Å². The fraction of sp³-hybridized carbons (Fsp3) is 0.361. The molecular formula is C36H42IrNO2-. The molecule has 2 atom stereocenters. The van der Waals surface area contributed by atoms with Crippen molar-refractivity contribution in [2.75, 3.05) is 0 Å². The van der Waals surface area contributed by atoms with Crippen LogP contribution >= 0.6 is 0 Å². The number of benzene rings is 4. The van der Waals surface area contributed by atoms with Gasteiger partial charge in [0, 0.05) is 26.3 Å². The third-order valence-electron chi connectivity index (χ3n) is 7.60. The summed E-state index contributed by atoms with van der Waals surface area (Å²) < 4.78 is 0. The van der Waals surface area contributed by atoms with Crippen LogP contribution in [0.3, 0.4) is 0 Å². The van der Waals surface area contributed by atoms with Crippen molar-refractivity contribution < 1.29 is 30.3 Å². The molecule has 0 spiro atoms. The van der Waals surface area contributed by atoms with E-state index in [1.165, 1.54) is 37.9 Å². The van der Waals surface area contributed by atoms with Crippen LogP contribution in [-0.2, 0) is 25.5 Å². The van der Waals surface area contributed by atoms with Crippen molar-refractivity contribution in [3.8, 4) is 11.3 Å². The number of aromatic nitrogens is 1. The van der Waals surface area contributed by atoms with E-state index in [9.17, 15) is 10.2 Å². The maximum atomic E-state index is 9.39. The molecule has 1 aromatic heterocycles. The maximum absolute atomic E-state index is 9.39. The van der Waals surface area contributed by atoms with Gasteiger partial charge in [-0.3, -0.25) is 0 Å². The minimum atomic E-state index is -0.368. The Hall–Kier alpha value is -2.62. The topological polar surface area (TPSA) is 53.4 Å². The molecule has 0 aliphatic carbocycles. The second kappa shape index (κ2) is 13.4. The Morgan fingerprint density at radius 2 is 1.18 bits per heavy atom. The summed E-state index contributed by atoms with van der Waals surface area (Å²) in [5, 5.41) is 26.4. The molecule has 1 heterocycles. The summed E-state index contributed by atoms with van der Waals surface area (Å²) in [5.41, 5.74) is 3.40. The van der Waals surface area contributed by atoms with Crippen molar-refractivity contribution >= 4 is 32.3 Å². The van der Waals surface area contributed by atoms with E-state index < -0.39 is 0 Å². The molecule has 213 valence electrons. The summed E-state index contributed by atoms with van der Waals surface area (Å²) in [6.45, 7) is 14.5. The molecule has 0 bridgehead atoms. The van der Waals surface area contributed by atoms with E-state index in [-0.39, 0.29) is 49.6 Å². The van der Waals surface area contributed by atoms with E-state index >= 15 is 0 Å². The Morgan fingerprint density at radius 3 is 1.65 bits per heavy atom. The summed E-state index contributed by atoms with van der Waals surface area (Å²) in [5.74, 6) is 0.479. The summed E-state index contributed by atoms with van der Waals surface area (Å²) in [6.07, 6.45) is 1.67. The number of pyridine rings is 1. The Balaban J connectivity index is 0.000000316. The molecule has 3 nitrogen and oxygen atoms in total. The van der Waals surface area contributed by atoms with Gasteiger partial charge >= 0.3 is 0 Å². The predicted molar refractivity (Wildman–Crippen MR) is 166 cm³/mol. The van der Waals surface area contributed by atoms with E-state index in [4.69, 9.17) is 0 Å². The van der Waals surface area contributed by atoms with Gasteiger partial charge in [0.15, 0.2) is 0 Å². The van der Waals surface area contributed by atoms with Gasteiger partial charge in [-0.2, -0.15) is 0 Å². The molecule has 0 aliphatic heterocycles. The Bertz CT molecular complexity index is 1520. The molecule has 5 aromatic rings. The zero-order chi connectivity index (χ0) is 28.3. The van der Waals surface area contributed by atoms with Gasteiger partial charge in [0.2, 0.25) is 0 Å². The molecule has 0 saturated heterocycles. The number of hydrogen-bond acceptors (Lipinski definition) is 3. The van der Waals surface area contributed by atoms with Crippen LogP contribution in [0, 0.1) is 17.9 Å². The number of nitrogens with zero attached hydrogens (tertiary/aromatic N) is 1. The minimum Gasteiger partial charge on any atom is -0.393 e. The van der Waals surface area contributed by atoms with Crippen molar-refractivity contribution in [3.05, 3.63) is 90.6 Å². The van der Waals surface area contributed by atoms with Crippen molar-refractivity contribution in [2.45, 2.75) is 72.5 Å². The Kier molecular flexibility index (Phi) is 10.7. The van der Waals surface area contributed by atoms with Gasteiger partial charge < -0.3 is 15.2 Å². The van der Waals surface area contributed by atoms with Gasteiger partial charge in [0.05, 0.1) is 12.2 Å². The number of hydrogen-bond donors (Lipinski definition) is 2. The first-order valence-electron chi connectivity index (χ1n) is 14.0. The second-order valence-electron chi connectivity index (χ2n) is 12.3. The van der Waals surface area contributed by atoms with Gasteiger partial charge in [-0.25, -0.2) is 0 Å². The predicted octanol–water partition coefficient (Wildman–Crippen LogP) is 8.71. The number of aliphatic hydroxyl groups excluding tert-OH is 2. The normalized spacial score (nSPS) is 13.3. The largest absolute Gasteiger partial charge is 0.393 e. The van der Waals surface area contributed by atoms with Crippen LogP contribution in [0.15, 0.2) is 79.0 Å². The maximum Gasteiger partial charge on any atom is 0.0587 e. The molecule has 40 heavy (non-hydrogen) atoms. The van der Waals surface area contributed by atoms with Gasteiger partial charge in [0.25, 0.3) is 0 Å². The van der Waals surface area contributed by atoms with Crippen LogP contribution in [-0.4, -0.2) is 27.4 Å². The summed E-state index contributed by atoms with van der Waals surface area (Å²) in [4.78, 5) is 4.64. The minimum absolute atomic E-state index is 0. The smallest absolute Gasteiger partial charge is 0.0587 e. The van der Waals surface area contributed by atoms with Gasteiger partial charge in [-0.05, 0) is 57.2 Å². The molecule has 4 heteroatoms. The van der Waals surface area contributed by atoms with E-state index in [1.54, 1.807) is 0 Å². The van der Waals surface area contributed by atoms with Gasteiger partial charge in [-0.15, -0.1) is 23.8 Å². The van der Waals surface area contributed by atoms with Crippen LogP contribution in [0.1, 0.15) is 60.5 Å². The zero-order valence-electron chi connectivity index (χ0n) is 24.7. The zero-order valence-corrected chi connectivity index (χ0v) is 27.1.